The maximum atomic E-state index is 2.57. The molecule has 7 aromatic carbocycles. The lowest BCUT2D eigenvalue weighted by molar-refractivity contribution is 1.18. The highest BCUT2D eigenvalue weighted by atomic mass is 15.2. The first-order chi connectivity index (χ1) is 22.9. The van der Waals surface area contributed by atoms with Crippen molar-refractivity contribution in [3.05, 3.63) is 170 Å². The largest absolute Gasteiger partial charge is 0.421 e. The Balaban J connectivity index is 1.36. The Morgan fingerprint density at radius 2 is 0.891 bits per heavy atom. The molecule has 0 fully saturated rings. The van der Waals surface area contributed by atoms with Crippen molar-refractivity contribution in [2.24, 2.45) is 0 Å². The fourth-order valence-electron chi connectivity index (χ4n) is 7.87. The molecular weight excluding hydrogens is 557 g/mol. The zero-order chi connectivity index (χ0) is 30.2. The van der Waals surface area contributed by atoms with E-state index in [1.807, 2.05) is 0 Å². The third-order valence-electron chi connectivity index (χ3n) is 9.73. The Kier molecular flexibility index (Phi) is 5.37. The maximum Gasteiger partial charge on any atom is 0.421 e. The Morgan fingerprint density at radius 1 is 0.348 bits per heavy atom. The Hall–Kier alpha value is -6.00. The molecule has 46 heavy (non-hydrogen) atoms. The van der Waals surface area contributed by atoms with Crippen molar-refractivity contribution in [2.75, 3.05) is 9.62 Å². The molecule has 2 aliphatic heterocycles. The van der Waals surface area contributed by atoms with E-state index in [0.29, 0.717) is 0 Å². The summed E-state index contributed by atoms with van der Waals surface area (Å²) < 4.78 is 2.42. The molecule has 0 spiro atoms. The normalized spacial score (nSPS) is 13.1. The molecule has 10 rings (SSSR count). The molecule has 0 atom stereocenters. The molecule has 2 aliphatic rings. The van der Waals surface area contributed by atoms with Crippen LogP contribution in [-0.2, 0) is 0 Å². The van der Waals surface area contributed by atoms with Crippen molar-refractivity contribution >= 4 is 57.0 Å². The smallest absolute Gasteiger partial charge is 0.361 e. The molecule has 3 heterocycles. The quantitative estimate of drug-likeness (QED) is 0.191. The van der Waals surface area contributed by atoms with E-state index in [1.54, 1.807) is 0 Å². The van der Waals surface area contributed by atoms with E-state index in [1.165, 1.54) is 66.6 Å². The SMILES string of the molecule is c1ccc(N2B3c4c(cccc4-c4cc5c6ccccc6n(-c6ccccc6)c5cc4N3c3ccccc3)-c3ccccc32)cc1. The van der Waals surface area contributed by atoms with E-state index in [-0.39, 0.29) is 6.98 Å². The van der Waals surface area contributed by atoms with Gasteiger partial charge in [-0.05, 0) is 77.3 Å². The highest BCUT2D eigenvalue weighted by Gasteiger charge is 2.46. The highest BCUT2D eigenvalue weighted by molar-refractivity contribution is 6.86. The number of benzene rings is 7. The molecule has 4 heteroatoms. The van der Waals surface area contributed by atoms with E-state index in [9.17, 15) is 0 Å². The van der Waals surface area contributed by atoms with Crippen LogP contribution in [0.3, 0.4) is 0 Å². The number of fused-ring (bicyclic) bond motifs is 7. The van der Waals surface area contributed by atoms with E-state index in [2.05, 4.69) is 184 Å². The van der Waals surface area contributed by atoms with Crippen molar-refractivity contribution < 1.29 is 0 Å². The number of hydrogen-bond acceptors (Lipinski definition) is 2. The minimum absolute atomic E-state index is 0.0922. The third kappa shape index (κ3) is 3.50. The van der Waals surface area contributed by atoms with Crippen LogP contribution in [-0.4, -0.2) is 11.5 Å². The summed E-state index contributed by atoms with van der Waals surface area (Å²) in [4.78, 5) is 5.10. The summed E-state index contributed by atoms with van der Waals surface area (Å²) in [7, 11) is 0. The molecule has 1 aromatic heterocycles. The highest BCUT2D eigenvalue weighted by Crippen LogP contribution is 2.50. The van der Waals surface area contributed by atoms with E-state index >= 15 is 0 Å². The standard InChI is InChI=1S/C42H28BN3/c1-4-15-29(16-5-1)44-38-25-12-10-22-33(38)36-27-37-35-24-14-23-34-32-21-11-13-26-39(32)45(30-17-6-2-7-18-30)43(42(34)35)46(41(37)28-40(36)44)31-19-8-3-9-20-31/h1-28H. The van der Waals surface area contributed by atoms with Gasteiger partial charge in [0, 0.05) is 50.3 Å². The fourth-order valence-corrected chi connectivity index (χ4v) is 7.87. The van der Waals surface area contributed by atoms with Crippen molar-refractivity contribution in [2.45, 2.75) is 0 Å². The van der Waals surface area contributed by atoms with Crippen LogP contribution in [0, 0.1) is 0 Å². The minimum Gasteiger partial charge on any atom is -0.361 e. The lowest BCUT2D eigenvalue weighted by Crippen LogP contribution is -2.61. The molecule has 0 N–H and O–H groups in total. The van der Waals surface area contributed by atoms with E-state index < -0.39 is 0 Å². The van der Waals surface area contributed by atoms with E-state index in [4.69, 9.17) is 0 Å². The molecule has 0 unspecified atom stereocenters. The van der Waals surface area contributed by atoms with Gasteiger partial charge < -0.3 is 14.2 Å². The average molecular weight is 586 g/mol. The number of anilines is 4. The van der Waals surface area contributed by atoms with Crippen LogP contribution in [0.25, 0.3) is 49.7 Å². The number of hydrogen-bond donors (Lipinski definition) is 0. The van der Waals surface area contributed by atoms with Crippen LogP contribution in [0.1, 0.15) is 0 Å². The average Bonchev–Trinajstić information content (AvgIpc) is 3.45. The molecule has 0 radical (unpaired) electrons. The first-order valence-corrected chi connectivity index (χ1v) is 15.9. The van der Waals surface area contributed by atoms with Gasteiger partial charge in [0.2, 0.25) is 0 Å². The molecule has 0 saturated carbocycles. The summed E-state index contributed by atoms with van der Waals surface area (Å²) in [5.74, 6) is 0. The Morgan fingerprint density at radius 3 is 1.61 bits per heavy atom. The third-order valence-corrected chi connectivity index (χ3v) is 9.73. The number of nitrogens with zero attached hydrogens (tertiary/aromatic N) is 3. The predicted molar refractivity (Wildman–Crippen MR) is 194 cm³/mol. The maximum absolute atomic E-state index is 2.57. The molecule has 0 bridgehead atoms. The number of para-hydroxylation sites is 5. The van der Waals surface area contributed by atoms with Crippen LogP contribution in [0.15, 0.2) is 170 Å². The summed E-state index contributed by atoms with van der Waals surface area (Å²) in [5.41, 5.74) is 14.8. The van der Waals surface area contributed by atoms with Gasteiger partial charge in [-0.15, -0.1) is 0 Å². The van der Waals surface area contributed by atoms with Crippen LogP contribution >= 0.6 is 0 Å². The Labute approximate surface area is 268 Å². The monoisotopic (exact) mass is 585 g/mol. The molecule has 3 nitrogen and oxygen atoms in total. The van der Waals surface area contributed by atoms with Crippen molar-refractivity contribution in [1.29, 1.82) is 0 Å². The Bertz CT molecular complexity index is 2430. The minimum atomic E-state index is -0.0922. The van der Waals surface area contributed by atoms with E-state index in [0.717, 1.165) is 11.4 Å². The lowest BCUT2D eigenvalue weighted by Gasteiger charge is -2.47. The molecule has 0 amide bonds. The summed E-state index contributed by atoms with van der Waals surface area (Å²) in [6.45, 7) is -0.0922. The summed E-state index contributed by atoms with van der Waals surface area (Å²) >= 11 is 0. The predicted octanol–water partition coefficient (Wildman–Crippen LogP) is 10.1. The number of rotatable bonds is 3. The van der Waals surface area contributed by atoms with Gasteiger partial charge >= 0.3 is 6.98 Å². The van der Waals surface area contributed by atoms with Crippen LogP contribution < -0.4 is 15.1 Å². The second-order valence-corrected chi connectivity index (χ2v) is 12.1. The molecular formula is C42H28BN3. The van der Waals surface area contributed by atoms with Crippen molar-refractivity contribution in [3.63, 3.8) is 0 Å². The topological polar surface area (TPSA) is 11.4 Å². The van der Waals surface area contributed by atoms with Gasteiger partial charge in [0.15, 0.2) is 0 Å². The van der Waals surface area contributed by atoms with Gasteiger partial charge in [0.1, 0.15) is 0 Å². The molecule has 214 valence electrons. The van der Waals surface area contributed by atoms with Gasteiger partial charge in [-0.1, -0.05) is 109 Å². The van der Waals surface area contributed by atoms with Gasteiger partial charge in [-0.2, -0.15) is 0 Å². The van der Waals surface area contributed by atoms with Crippen molar-refractivity contribution in [1.82, 2.24) is 4.57 Å². The van der Waals surface area contributed by atoms with Gasteiger partial charge in [0.25, 0.3) is 0 Å². The van der Waals surface area contributed by atoms with Crippen LogP contribution in [0.5, 0.6) is 0 Å². The first-order valence-electron chi connectivity index (χ1n) is 15.9. The lowest BCUT2D eigenvalue weighted by atomic mass is 9.53. The second kappa shape index (κ2) is 9.75. The fraction of sp³-hybridized carbons (Fsp3) is 0. The summed E-state index contributed by atoms with van der Waals surface area (Å²) in [6, 6.07) is 61.9. The van der Waals surface area contributed by atoms with Crippen LogP contribution in [0.4, 0.5) is 22.7 Å². The van der Waals surface area contributed by atoms with Crippen molar-refractivity contribution in [3.8, 4) is 27.9 Å². The van der Waals surface area contributed by atoms with Crippen LogP contribution in [0.2, 0.25) is 0 Å². The first kappa shape index (κ1) is 25.3. The zero-order valence-electron chi connectivity index (χ0n) is 25.1. The van der Waals surface area contributed by atoms with Gasteiger partial charge in [-0.25, -0.2) is 0 Å². The van der Waals surface area contributed by atoms with Gasteiger partial charge in [-0.3, -0.25) is 0 Å². The molecule has 0 aliphatic carbocycles. The molecule has 8 aromatic rings. The summed E-state index contributed by atoms with van der Waals surface area (Å²) in [6.07, 6.45) is 0. The number of aromatic nitrogens is 1. The summed E-state index contributed by atoms with van der Waals surface area (Å²) in [5, 5.41) is 2.52. The second-order valence-electron chi connectivity index (χ2n) is 12.1. The van der Waals surface area contributed by atoms with Gasteiger partial charge in [0.05, 0.1) is 11.0 Å². The zero-order valence-corrected chi connectivity index (χ0v) is 25.1. The molecule has 0 saturated heterocycles.